The lowest BCUT2D eigenvalue weighted by Crippen LogP contribution is -2.25. The predicted octanol–water partition coefficient (Wildman–Crippen LogP) is 4.33. The van der Waals surface area contributed by atoms with E-state index < -0.39 is 0 Å². The van der Waals surface area contributed by atoms with E-state index in [1.807, 2.05) is 32.0 Å². The molecule has 0 unspecified atom stereocenters. The number of aryl methyl sites for hydroxylation is 2. The molecule has 25 heavy (non-hydrogen) atoms. The summed E-state index contributed by atoms with van der Waals surface area (Å²) in [5, 5.41) is 5.84. The lowest BCUT2D eigenvalue weighted by Gasteiger charge is -2.12. The van der Waals surface area contributed by atoms with Crippen LogP contribution in [-0.4, -0.2) is 18.4 Å². The Hall–Kier alpha value is -2.62. The Kier molecular flexibility index (Phi) is 6.34. The highest BCUT2D eigenvalue weighted by Crippen LogP contribution is 2.20. The van der Waals surface area contributed by atoms with Gasteiger partial charge in [-0.2, -0.15) is 0 Å². The molecule has 132 valence electrons. The molecule has 0 saturated heterocycles. The van der Waals surface area contributed by atoms with Gasteiger partial charge in [-0.3, -0.25) is 9.59 Å². The summed E-state index contributed by atoms with van der Waals surface area (Å²) in [6.07, 6.45) is 0.946. The molecular formula is C21H26N2O2. The van der Waals surface area contributed by atoms with Crippen molar-refractivity contribution in [3.63, 3.8) is 0 Å². The average molecular weight is 338 g/mol. The molecule has 0 radical (unpaired) electrons. The fraction of sp³-hybridized carbons (Fsp3) is 0.333. The second-order valence-electron chi connectivity index (χ2n) is 6.74. The second-order valence-corrected chi connectivity index (χ2v) is 6.74. The van der Waals surface area contributed by atoms with Crippen molar-refractivity contribution in [3.05, 3.63) is 64.7 Å². The van der Waals surface area contributed by atoms with E-state index in [1.54, 1.807) is 24.3 Å². The minimum absolute atomic E-state index is 0.109. The Bertz CT molecular complexity index is 729. The maximum atomic E-state index is 12.4. The summed E-state index contributed by atoms with van der Waals surface area (Å²) in [6.45, 7) is 8.83. The maximum Gasteiger partial charge on any atom is 0.255 e. The fourth-order valence-electron chi connectivity index (χ4n) is 2.55. The highest BCUT2D eigenvalue weighted by atomic mass is 16.2. The van der Waals surface area contributed by atoms with Gasteiger partial charge in [-0.25, -0.2) is 0 Å². The van der Waals surface area contributed by atoms with Gasteiger partial charge in [-0.15, -0.1) is 0 Å². The Morgan fingerprint density at radius 3 is 1.92 bits per heavy atom. The molecule has 2 N–H and O–H groups in total. The molecule has 4 heteroatoms. The zero-order valence-electron chi connectivity index (χ0n) is 15.3. The van der Waals surface area contributed by atoms with E-state index >= 15 is 0 Å². The van der Waals surface area contributed by atoms with Gasteiger partial charge in [-0.05, 0) is 61.6 Å². The molecule has 2 rings (SSSR count). The Labute approximate surface area is 149 Å². The topological polar surface area (TPSA) is 58.2 Å². The monoisotopic (exact) mass is 338 g/mol. The van der Waals surface area contributed by atoms with Gasteiger partial charge in [0.1, 0.15) is 0 Å². The molecule has 2 aromatic rings. The van der Waals surface area contributed by atoms with Gasteiger partial charge >= 0.3 is 0 Å². The van der Waals surface area contributed by atoms with E-state index in [0.717, 1.165) is 23.2 Å². The molecule has 0 aliphatic heterocycles. The van der Waals surface area contributed by atoms with Crippen LogP contribution in [0.3, 0.4) is 0 Å². The van der Waals surface area contributed by atoms with Gasteiger partial charge in [0.25, 0.3) is 11.8 Å². The number of carbonyl (C=O) groups is 2. The van der Waals surface area contributed by atoms with Gasteiger partial charge in [0.15, 0.2) is 0 Å². The number of hydrogen-bond acceptors (Lipinski definition) is 2. The average Bonchev–Trinajstić information content (AvgIpc) is 2.58. The molecule has 4 nitrogen and oxygen atoms in total. The highest BCUT2D eigenvalue weighted by molar-refractivity contribution is 6.05. The molecule has 0 spiro atoms. The number of carbonyl (C=O) groups excluding carboxylic acids is 2. The van der Waals surface area contributed by atoms with Crippen molar-refractivity contribution < 1.29 is 9.59 Å². The van der Waals surface area contributed by atoms with E-state index in [4.69, 9.17) is 0 Å². The fourth-order valence-corrected chi connectivity index (χ4v) is 2.55. The molecular weight excluding hydrogens is 312 g/mol. The molecule has 2 amide bonds. The first kappa shape index (κ1) is 18.7. The summed E-state index contributed by atoms with van der Waals surface area (Å²) in [7, 11) is 0. The Morgan fingerprint density at radius 2 is 1.40 bits per heavy atom. The number of benzene rings is 2. The van der Waals surface area contributed by atoms with Gasteiger partial charge in [0.05, 0.1) is 0 Å². The third-order valence-corrected chi connectivity index (χ3v) is 4.14. The van der Waals surface area contributed by atoms with Gasteiger partial charge in [-0.1, -0.05) is 32.0 Å². The zero-order valence-corrected chi connectivity index (χ0v) is 15.3. The van der Waals surface area contributed by atoms with Crippen molar-refractivity contribution in [1.29, 1.82) is 0 Å². The summed E-state index contributed by atoms with van der Waals surface area (Å²) in [5.41, 5.74) is 3.97. The molecule has 2 aromatic carbocycles. The molecule has 0 aliphatic rings. The van der Waals surface area contributed by atoms with Gasteiger partial charge < -0.3 is 10.6 Å². The predicted molar refractivity (Wildman–Crippen MR) is 102 cm³/mol. The SMILES string of the molecule is Cc1cccc(C)c1NC(=O)c1ccc(C(=O)NCCC(C)C)cc1. The first-order valence-electron chi connectivity index (χ1n) is 8.64. The number of nitrogens with one attached hydrogen (secondary N) is 2. The van der Waals surface area contributed by atoms with Crippen LogP contribution in [0, 0.1) is 19.8 Å². The molecule has 0 bridgehead atoms. The zero-order chi connectivity index (χ0) is 18.4. The van der Waals surface area contributed by atoms with Crippen molar-refractivity contribution in [3.8, 4) is 0 Å². The molecule has 0 atom stereocenters. The smallest absolute Gasteiger partial charge is 0.255 e. The molecule has 0 aliphatic carbocycles. The lowest BCUT2D eigenvalue weighted by molar-refractivity contribution is 0.0950. The summed E-state index contributed by atoms with van der Waals surface area (Å²) >= 11 is 0. The van der Waals surface area contributed by atoms with Crippen molar-refractivity contribution >= 4 is 17.5 Å². The number of rotatable bonds is 6. The highest BCUT2D eigenvalue weighted by Gasteiger charge is 2.11. The molecule has 0 saturated carbocycles. The third-order valence-electron chi connectivity index (χ3n) is 4.14. The van der Waals surface area contributed by atoms with Crippen LogP contribution in [0.2, 0.25) is 0 Å². The van der Waals surface area contributed by atoms with Crippen LogP contribution in [-0.2, 0) is 0 Å². The lowest BCUT2D eigenvalue weighted by atomic mass is 10.1. The summed E-state index contributed by atoms with van der Waals surface area (Å²) in [5.74, 6) is 0.266. The van der Waals surface area contributed by atoms with Crippen LogP contribution in [0.1, 0.15) is 52.1 Å². The quantitative estimate of drug-likeness (QED) is 0.823. The van der Waals surface area contributed by atoms with Gasteiger partial charge in [0.2, 0.25) is 0 Å². The minimum Gasteiger partial charge on any atom is -0.352 e. The van der Waals surface area contributed by atoms with E-state index in [-0.39, 0.29) is 11.8 Å². The van der Waals surface area contributed by atoms with Crippen molar-refractivity contribution in [1.82, 2.24) is 5.32 Å². The first-order valence-corrected chi connectivity index (χ1v) is 8.64. The molecule has 0 fully saturated rings. The standard InChI is InChI=1S/C21H26N2O2/c1-14(2)12-13-22-20(24)17-8-10-18(11-9-17)21(25)23-19-15(3)6-5-7-16(19)4/h5-11,14H,12-13H2,1-4H3,(H,22,24)(H,23,25). The second kappa shape index (κ2) is 8.47. The van der Waals surface area contributed by atoms with Crippen molar-refractivity contribution in [2.24, 2.45) is 5.92 Å². The Balaban J connectivity index is 2.01. The summed E-state index contributed by atoms with van der Waals surface area (Å²) < 4.78 is 0. The maximum absolute atomic E-state index is 12.4. The minimum atomic E-state index is -0.177. The largest absolute Gasteiger partial charge is 0.352 e. The van der Waals surface area contributed by atoms with E-state index in [0.29, 0.717) is 23.6 Å². The van der Waals surface area contributed by atoms with Crippen LogP contribution in [0.15, 0.2) is 42.5 Å². The van der Waals surface area contributed by atoms with Crippen molar-refractivity contribution in [2.45, 2.75) is 34.1 Å². The van der Waals surface area contributed by atoms with Crippen LogP contribution >= 0.6 is 0 Å². The van der Waals surface area contributed by atoms with Crippen LogP contribution in [0.4, 0.5) is 5.69 Å². The summed E-state index contributed by atoms with van der Waals surface area (Å²) in [4.78, 5) is 24.5. The first-order chi connectivity index (χ1) is 11.9. The van der Waals surface area contributed by atoms with E-state index in [1.165, 1.54) is 0 Å². The van der Waals surface area contributed by atoms with Crippen LogP contribution in [0.25, 0.3) is 0 Å². The number of amides is 2. The Morgan fingerprint density at radius 1 is 0.880 bits per heavy atom. The van der Waals surface area contributed by atoms with Crippen molar-refractivity contribution in [2.75, 3.05) is 11.9 Å². The van der Waals surface area contributed by atoms with Crippen LogP contribution < -0.4 is 10.6 Å². The summed E-state index contributed by atoms with van der Waals surface area (Å²) in [6, 6.07) is 12.6. The normalized spacial score (nSPS) is 10.6. The van der Waals surface area contributed by atoms with Crippen LogP contribution in [0.5, 0.6) is 0 Å². The van der Waals surface area contributed by atoms with E-state index in [9.17, 15) is 9.59 Å². The van der Waals surface area contributed by atoms with E-state index in [2.05, 4.69) is 24.5 Å². The number of para-hydroxylation sites is 1. The van der Waals surface area contributed by atoms with Gasteiger partial charge in [0, 0.05) is 23.4 Å². The molecule has 0 heterocycles. The molecule has 0 aromatic heterocycles. The number of anilines is 1. The number of hydrogen-bond donors (Lipinski definition) is 2. The third kappa shape index (κ3) is 5.18.